The van der Waals surface area contributed by atoms with Crippen molar-refractivity contribution in [2.24, 2.45) is 5.92 Å². The minimum Gasteiger partial charge on any atom is -0.453 e. The SMILES string of the molecule is C=C1CC(c2ncc(-c3ccc4cc(-c5ccc(-c6cnc(C7CCCN7C(=O)C(NC(=O)OC)c7ccccc7)[nH]6)cc5)ccc4c3)[nH]2)N(C(=O)CC(C)C)C1. The predicted molar refractivity (Wildman–Crippen MR) is 221 cm³/mol. The minimum atomic E-state index is -0.870. The first-order valence-electron chi connectivity index (χ1n) is 19.6. The van der Waals surface area contributed by atoms with E-state index < -0.39 is 12.1 Å². The predicted octanol–water partition coefficient (Wildman–Crippen LogP) is 8.92. The zero-order valence-electron chi connectivity index (χ0n) is 32.5. The monoisotopic (exact) mass is 761 g/mol. The summed E-state index contributed by atoms with van der Waals surface area (Å²) in [7, 11) is 1.29. The lowest BCUT2D eigenvalue weighted by molar-refractivity contribution is -0.134. The Labute approximate surface area is 332 Å². The number of aromatic nitrogens is 4. The Hall–Kier alpha value is -6.49. The van der Waals surface area contributed by atoms with Crippen LogP contribution in [0.3, 0.4) is 0 Å². The highest BCUT2D eigenvalue weighted by atomic mass is 16.5. The summed E-state index contributed by atoms with van der Waals surface area (Å²) < 4.78 is 4.83. The van der Waals surface area contributed by atoms with Crippen molar-refractivity contribution in [1.82, 2.24) is 35.1 Å². The number of imidazole rings is 2. The van der Waals surface area contributed by atoms with Crippen molar-refractivity contribution in [3.63, 3.8) is 0 Å². The van der Waals surface area contributed by atoms with E-state index in [0.717, 1.165) is 75.1 Å². The zero-order chi connectivity index (χ0) is 39.6. The first kappa shape index (κ1) is 37.4. The van der Waals surface area contributed by atoms with E-state index >= 15 is 0 Å². The summed E-state index contributed by atoms with van der Waals surface area (Å²) in [5.41, 5.74) is 7.74. The van der Waals surface area contributed by atoms with Crippen LogP contribution in [0.15, 0.2) is 116 Å². The number of likely N-dealkylation sites (tertiary alicyclic amines) is 2. The number of carbonyl (C=O) groups excluding carboxylic acids is 3. The third-order valence-electron chi connectivity index (χ3n) is 11.0. The summed E-state index contributed by atoms with van der Waals surface area (Å²) in [6.45, 7) is 9.44. The van der Waals surface area contributed by atoms with Gasteiger partial charge in [-0.15, -0.1) is 0 Å². The number of nitrogens with zero attached hydrogens (tertiary/aromatic N) is 4. The largest absolute Gasteiger partial charge is 0.453 e. The summed E-state index contributed by atoms with van der Waals surface area (Å²) >= 11 is 0. The van der Waals surface area contributed by atoms with E-state index in [1.54, 1.807) is 4.90 Å². The number of H-pyrrole nitrogens is 2. The number of alkyl carbamates (subject to hydrolysis) is 1. The van der Waals surface area contributed by atoms with E-state index in [2.05, 4.69) is 96.4 Å². The van der Waals surface area contributed by atoms with Gasteiger partial charge in [0.15, 0.2) is 0 Å². The highest BCUT2D eigenvalue weighted by molar-refractivity contribution is 5.91. The van der Waals surface area contributed by atoms with Crippen LogP contribution < -0.4 is 5.32 Å². The Bertz CT molecular complexity index is 2430. The van der Waals surface area contributed by atoms with Crippen LogP contribution >= 0.6 is 0 Å². The molecule has 4 aromatic carbocycles. The van der Waals surface area contributed by atoms with Gasteiger partial charge in [0.05, 0.1) is 43.0 Å². The maximum atomic E-state index is 13.9. The normalized spacial score (nSPS) is 17.4. The van der Waals surface area contributed by atoms with Crippen LogP contribution in [0.2, 0.25) is 0 Å². The Morgan fingerprint density at radius 3 is 2.11 bits per heavy atom. The molecular weight excluding hydrogens is 715 g/mol. The number of amides is 3. The van der Waals surface area contributed by atoms with Gasteiger partial charge >= 0.3 is 6.09 Å². The second-order valence-corrected chi connectivity index (χ2v) is 15.5. The molecule has 3 unspecified atom stereocenters. The standard InChI is InChI=1S/C46H47N7O4/c1-28(2)21-41(54)53-27-29(3)22-40(53)44-48-26-38(50-44)36-19-18-34-23-33(16-17-35(34)24-36)30-12-14-31(15-13-30)37-25-47-43(49-37)39-11-8-20-52(39)45(55)42(51-46(56)57-4)32-9-6-5-7-10-32/h5-7,9-10,12-19,23-26,28,39-40,42H,3,8,11,20-22,27H2,1-2,4H3,(H,47,49)(H,48,50)(H,51,56). The molecule has 3 N–H and O–H groups in total. The van der Waals surface area contributed by atoms with Crippen molar-refractivity contribution in [3.05, 3.63) is 133 Å². The van der Waals surface area contributed by atoms with E-state index in [-0.39, 0.29) is 23.9 Å². The molecule has 6 aromatic rings. The molecule has 0 saturated carbocycles. The Kier molecular flexibility index (Phi) is 10.5. The molecule has 2 fully saturated rings. The summed E-state index contributed by atoms with van der Waals surface area (Å²) in [5.74, 6) is 1.75. The molecule has 0 bridgehead atoms. The Balaban J connectivity index is 0.955. The third kappa shape index (κ3) is 7.82. The number of hydrogen-bond acceptors (Lipinski definition) is 6. The molecule has 3 atom stereocenters. The average Bonchev–Trinajstić information content (AvgIpc) is 4.06. The van der Waals surface area contributed by atoms with E-state index in [1.807, 2.05) is 47.6 Å². The number of ether oxygens (including phenoxy) is 1. The second-order valence-electron chi connectivity index (χ2n) is 15.5. The number of hydrogen-bond donors (Lipinski definition) is 3. The van der Waals surface area contributed by atoms with Crippen molar-refractivity contribution in [2.75, 3.05) is 20.2 Å². The number of nitrogens with one attached hydrogen (secondary N) is 3. The lowest BCUT2D eigenvalue weighted by atomic mass is 9.98. The maximum absolute atomic E-state index is 13.9. The smallest absolute Gasteiger partial charge is 0.407 e. The Morgan fingerprint density at radius 2 is 1.42 bits per heavy atom. The van der Waals surface area contributed by atoms with Gasteiger partial charge in [-0.2, -0.15) is 0 Å². The molecule has 2 aliphatic heterocycles. The molecule has 0 radical (unpaired) electrons. The van der Waals surface area contributed by atoms with Gasteiger partial charge < -0.3 is 29.8 Å². The molecule has 11 heteroatoms. The average molecular weight is 762 g/mol. The van der Waals surface area contributed by atoms with Crippen LogP contribution in [0.5, 0.6) is 0 Å². The molecule has 4 heterocycles. The van der Waals surface area contributed by atoms with Crippen LogP contribution in [0.25, 0.3) is 44.4 Å². The van der Waals surface area contributed by atoms with Crippen molar-refractivity contribution in [2.45, 2.75) is 57.7 Å². The first-order valence-corrected chi connectivity index (χ1v) is 19.6. The number of carbonyl (C=O) groups is 3. The molecular formula is C46H47N7O4. The third-order valence-corrected chi connectivity index (χ3v) is 11.0. The maximum Gasteiger partial charge on any atom is 0.407 e. The first-order chi connectivity index (χ1) is 27.6. The van der Waals surface area contributed by atoms with Gasteiger partial charge in [0.2, 0.25) is 5.91 Å². The summed E-state index contributed by atoms with van der Waals surface area (Å²) in [5, 5.41) is 4.97. The molecule has 2 aromatic heterocycles. The quantitative estimate of drug-likeness (QED) is 0.119. The molecule has 11 nitrogen and oxygen atoms in total. The van der Waals surface area contributed by atoms with Gasteiger partial charge in [-0.3, -0.25) is 9.59 Å². The molecule has 2 saturated heterocycles. The number of methoxy groups -OCH3 is 1. The number of benzene rings is 4. The topological polar surface area (TPSA) is 136 Å². The highest BCUT2D eigenvalue weighted by Crippen LogP contribution is 2.37. The lowest BCUT2D eigenvalue weighted by Gasteiger charge is -2.28. The van der Waals surface area contributed by atoms with Crippen LogP contribution in [-0.4, -0.2) is 67.8 Å². The van der Waals surface area contributed by atoms with Crippen molar-refractivity contribution >= 4 is 28.7 Å². The molecule has 290 valence electrons. The van der Waals surface area contributed by atoms with E-state index in [0.29, 0.717) is 36.8 Å². The van der Waals surface area contributed by atoms with Gasteiger partial charge in [0, 0.05) is 25.1 Å². The fourth-order valence-electron chi connectivity index (χ4n) is 8.10. The Morgan fingerprint density at radius 1 is 0.807 bits per heavy atom. The molecule has 3 amide bonds. The zero-order valence-corrected chi connectivity index (χ0v) is 32.5. The number of rotatable bonds is 10. The summed E-state index contributed by atoms with van der Waals surface area (Å²) in [4.78, 5) is 59.2. The molecule has 57 heavy (non-hydrogen) atoms. The van der Waals surface area contributed by atoms with Crippen molar-refractivity contribution < 1.29 is 19.1 Å². The minimum absolute atomic E-state index is 0.119. The van der Waals surface area contributed by atoms with Gasteiger partial charge in [-0.25, -0.2) is 14.8 Å². The van der Waals surface area contributed by atoms with Crippen molar-refractivity contribution in [3.8, 4) is 33.6 Å². The van der Waals surface area contributed by atoms with E-state index in [4.69, 9.17) is 14.7 Å². The van der Waals surface area contributed by atoms with E-state index in [9.17, 15) is 14.4 Å². The van der Waals surface area contributed by atoms with Gasteiger partial charge in [-0.1, -0.05) is 105 Å². The van der Waals surface area contributed by atoms with Crippen LogP contribution in [0.1, 0.15) is 74.9 Å². The second kappa shape index (κ2) is 15.9. The van der Waals surface area contributed by atoms with Gasteiger partial charge in [0.1, 0.15) is 17.7 Å². The fourth-order valence-corrected chi connectivity index (χ4v) is 8.10. The van der Waals surface area contributed by atoms with Gasteiger partial charge in [0.25, 0.3) is 5.91 Å². The fraction of sp³-hybridized carbons (Fsp3) is 0.283. The van der Waals surface area contributed by atoms with Crippen LogP contribution in [-0.2, 0) is 14.3 Å². The molecule has 0 aliphatic carbocycles. The molecule has 8 rings (SSSR count). The van der Waals surface area contributed by atoms with Gasteiger partial charge in [-0.05, 0) is 70.3 Å². The highest BCUT2D eigenvalue weighted by Gasteiger charge is 2.37. The molecule has 2 aliphatic rings. The lowest BCUT2D eigenvalue weighted by Crippen LogP contribution is -2.42. The van der Waals surface area contributed by atoms with Crippen LogP contribution in [0, 0.1) is 5.92 Å². The molecule has 0 spiro atoms. The number of aromatic amines is 2. The van der Waals surface area contributed by atoms with Crippen molar-refractivity contribution in [1.29, 1.82) is 0 Å². The summed E-state index contributed by atoms with van der Waals surface area (Å²) in [6.07, 6.45) is 5.84. The number of fused-ring (bicyclic) bond motifs is 1. The summed E-state index contributed by atoms with van der Waals surface area (Å²) in [6, 6.07) is 29.3. The van der Waals surface area contributed by atoms with E-state index in [1.165, 1.54) is 7.11 Å². The van der Waals surface area contributed by atoms with Crippen LogP contribution in [0.4, 0.5) is 4.79 Å².